The van der Waals surface area contributed by atoms with Crippen molar-refractivity contribution in [2.75, 3.05) is 13.1 Å². The fraction of sp³-hybridized carbons (Fsp3) is 0.304. The molecule has 0 bridgehead atoms. The molecule has 2 heterocycles. The molecule has 1 saturated heterocycles. The SMILES string of the molecule is O=C(NC1CCN(Cc2ccccc2)CC1)c1cnn(-c2cccc(Cl)c2)c1C(F)(F)F. The molecule has 0 atom stereocenters. The topological polar surface area (TPSA) is 50.2 Å². The summed E-state index contributed by atoms with van der Waals surface area (Å²) < 4.78 is 42.2. The van der Waals surface area contributed by atoms with E-state index in [1.165, 1.54) is 23.8 Å². The molecule has 0 aliphatic carbocycles. The van der Waals surface area contributed by atoms with Crippen molar-refractivity contribution in [1.82, 2.24) is 20.0 Å². The van der Waals surface area contributed by atoms with Crippen molar-refractivity contribution in [3.63, 3.8) is 0 Å². The number of hydrogen-bond acceptors (Lipinski definition) is 3. The van der Waals surface area contributed by atoms with Crippen LogP contribution < -0.4 is 5.32 Å². The van der Waals surface area contributed by atoms with Gasteiger partial charge in [0.2, 0.25) is 0 Å². The highest BCUT2D eigenvalue weighted by molar-refractivity contribution is 6.30. The van der Waals surface area contributed by atoms with Gasteiger partial charge in [-0.3, -0.25) is 9.69 Å². The summed E-state index contributed by atoms with van der Waals surface area (Å²) in [5.41, 5.74) is -0.265. The second-order valence-corrected chi connectivity index (χ2v) is 8.24. The maximum Gasteiger partial charge on any atom is 0.434 e. The first-order valence-corrected chi connectivity index (χ1v) is 10.7. The van der Waals surface area contributed by atoms with Crippen LogP contribution in [0.15, 0.2) is 60.8 Å². The Morgan fingerprint density at radius 3 is 2.47 bits per heavy atom. The average molecular weight is 463 g/mol. The minimum absolute atomic E-state index is 0.137. The van der Waals surface area contributed by atoms with E-state index in [9.17, 15) is 18.0 Å². The Hall–Kier alpha value is -2.84. The maximum atomic E-state index is 13.8. The standard InChI is InChI=1S/C23H22ClF3N4O/c24-17-7-4-8-19(13-17)31-21(23(25,26)27)20(14-28-31)22(32)29-18-9-11-30(12-10-18)15-16-5-2-1-3-6-16/h1-8,13-14,18H,9-12,15H2,(H,29,32). The number of benzene rings is 2. The number of piperidine rings is 1. The van der Waals surface area contributed by atoms with Crippen LogP contribution in [-0.2, 0) is 12.7 Å². The second-order valence-electron chi connectivity index (χ2n) is 7.81. The van der Waals surface area contributed by atoms with E-state index in [0.717, 1.165) is 25.8 Å². The van der Waals surface area contributed by atoms with Gasteiger partial charge in [0.15, 0.2) is 5.69 Å². The number of carbonyl (C=O) groups excluding carboxylic acids is 1. The van der Waals surface area contributed by atoms with Crippen molar-refractivity contribution in [2.24, 2.45) is 0 Å². The molecular formula is C23H22ClF3N4O. The lowest BCUT2D eigenvalue weighted by Crippen LogP contribution is -2.44. The van der Waals surface area contributed by atoms with Gasteiger partial charge in [0, 0.05) is 30.7 Å². The molecule has 1 aliphatic rings. The number of nitrogens with one attached hydrogen (secondary N) is 1. The third kappa shape index (κ3) is 5.14. The van der Waals surface area contributed by atoms with Crippen LogP contribution in [0, 0.1) is 0 Å². The first kappa shape index (κ1) is 22.4. The summed E-state index contributed by atoms with van der Waals surface area (Å²) in [5.74, 6) is -0.771. The van der Waals surface area contributed by atoms with Crippen molar-refractivity contribution in [2.45, 2.75) is 31.6 Å². The summed E-state index contributed by atoms with van der Waals surface area (Å²) in [7, 11) is 0. The summed E-state index contributed by atoms with van der Waals surface area (Å²) in [6, 6.07) is 15.8. The summed E-state index contributed by atoms with van der Waals surface area (Å²) in [5, 5.41) is 6.88. The van der Waals surface area contributed by atoms with E-state index < -0.39 is 23.3 Å². The van der Waals surface area contributed by atoms with Crippen LogP contribution in [0.5, 0.6) is 0 Å². The predicted molar refractivity (Wildman–Crippen MR) is 116 cm³/mol. The van der Waals surface area contributed by atoms with Crippen molar-refractivity contribution in [3.8, 4) is 5.69 Å². The monoisotopic (exact) mass is 462 g/mol. The molecule has 0 unspecified atom stereocenters. The highest BCUT2D eigenvalue weighted by atomic mass is 35.5. The number of rotatable bonds is 5. The largest absolute Gasteiger partial charge is 0.434 e. The molecule has 9 heteroatoms. The van der Waals surface area contributed by atoms with Crippen molar-refractivity contribution in [3.05, 3.63) is 82.6 Å². The number of amides is 1. The predicted octanol–water partition coefficient (Wildman–Crippen LogP) is 4.94. The van der Waals surface area contributed by atoms with Gasteiger partial charge in [0.25, 0.3) is 5.91 Å². The van der Waals surface area contributed by atoms with E-state index in [1.807, 2.05) is 18.2 Å². The molecule has 0 radical (unpaired) electrons. The van der Waals surface area contributed by atoms with E-state index in [0.29, 0.717) is 17.5 Å². The zero-order valence-corrected chi connectivity index (χ0v) is 17.9. The van der Waals surface area contributed by atoms with Gasteiger partial charge in [0.1, 0.15) is 0 Å². The molecule has 5 nitrogen and oxygen atoms in total. The van der Waals surface area contributed by atoms with Crippen LogP contribution in [-0.4, -0.2) is 39.7 Å². The second kappa shape index (κ2) is 9.34. The Labute approximate surface area is 188 Å². The van der Waals surface area contributed by atoms with E-state index in [2.05, 4.69) is 27.4 Å². The van der Waals surface area contributed by atoms with Gasteiger partial charge in [-0.1, -0.05) is 48.0 Å². The molecule has 0 spiro atoms. The molecule has 1 aromatic heterocycles. The number of nitrogens with zero attached hydrogens (tertiary/aromatic N) is 3. The number of alkyl halides is 3. The van der Waals surface area contributed by atoms with Crippen LogP contribution in [0.4, 0.5) is 13.2 Å². The smallest absolute Gasteiger partial charge is 0.349 e. The Balaban J connectivity index is 1.45. The van der Waals surface area contributed by atoms with Crippen molar-refractivity contribution >= 4 is 17.5 Å². The Morgan fingerprint density at radius 1 is 1.09 bits per heavy atom. The minimum Gasteiger partial charge on any atom is -0.349 e. The number of likely N-dealkylation sites (tertiary alicyclic amines) is 1. The molecule has 3 aromatic rings. The van der Waals surface area contributed by atoms with E-state index >= 15 is 0 Å². The van der Waals surface area contributed by atoms with Gasteiger partial charge < -0.3 is 5.32 Å². The number of halogens is 4. The fourth-order valence-corrected chi connectivity index (χ4v) is 4.12. The molecule has 1 aliphatic heterocycles. The van der Waals surface area contributed by atoms with Gasteiger partial charge >= 0.3 is 6.18 Å². The third-order valence-corrected chi connectivity index (χ3v) is 5.74. The molecule has 1 amide bonds. The van der Waals surface area contributed by atoms with Crippen LogP contribution in [0.1, 0.15) is 34.5 Å². The van der Waals surface area contributed by atoms with Crippen molar-refractivity contribution in [1.29, 1.82) is 0 Å². The summed E-state index contributed by atoms with van der Waals surface area (Å²) in [6.45, 7) is 2.33. The fourth-order valence-electron chi connectivity index (χ4n) is 3.93. The molecule has 2 aromatic carbocycles. The van der Waals surface area contributed by atoms with Crippen LogP contribution in [0.3, 0.4) is 0 Å². The van der Waals surface area contributed by atoms with Gasteiger partial charge in [-0.05, 0) is 36.6 Å². The van der Waals surface area contributed by atoms with Crippen LogP contribution >= 0.6 is 11.6 Å². The van der Waals surface area contributed by atoms with Crippen LogP contribution in [0.25, 0.3) is 5.69 Å². The molecule has 1 N–H and O–H groups in total. The van der Waals surface area contributed by atoms with E-state index in [4.69, 9.17) is 11.6 Å². The Morgan fingerprint density at radius 2 is 1.81 bits per heavy atom. The first-order chi connectivity index (χ1) is 15.3. The quantitative estimate of drug-likeness (QED) is 0.584. The Kier molecular flexibility index (Phi) is 6.53. The summed E-state index contributed by atoms with van der Waals surface area (Å²) in [6.07, 6.45) is -2.46. The normalized spacial score (nSPS) is 15.6. The number of carbonyl (C=O) groups is 1. The number of aromatic nitrogens is 2. The molecule has 0 saturated carbocycles. The zero-order valence-electron chi connectivity index (χ0n) is 17.1. The van der Waals surface area contributed by atoms with Crippen molar-refractivity contribution < 1.29 is 18.0 Å². The molecule has 1 fully saturated rings. The van der Waals surface area contributed by atoms with Gasteiger partial charge in [-0.15, -0.1) is 0 Å². The van der Waals surface area contributed by atoms with Gasteiger partial charge in [-0.25, -0.2) is 4.68 Å². The highest BCUT2D eigenvalue weighted by Crippen LogP contribution is 2.34. The van der Waals surface area contributed by atoms with Gasteiger partial charge in [0.05, 0.1) is 17.4 Å². The van der Waals surface area contributed by atoms with E-state index in [-0.39, 0.29) is 16.8 Å². The lowest BCUT2D eigenvalue weighted by molar-refractivity contribution is -0.143. The first-order valence-electron chi connectivity index (χ1n) is 10.3. The minimum atomic E-state index is -4.76. The molecule has 168 valence electrons. The maximum absolute atomic E-state index is 13.8. The molecule has 32 heavy (non-hydrogen) atoms. The molecule has 4 rings (SSSR count). The highest BCUT2D eigenvalue weighted by Gasteiger charge is 2.41. The lowest BCUT2D eigenvalue weighted by atomic mass is 10.0. The number of hydrogen-bond donors (Lipinski definition) is 1. The zero-order chi connectivity index (χ0) is 22.7. The average Bonchev–Trinajstić information content (AvgIpc) is 3.22. The molecular weight excluding hydrogens is 441 g/mol. The Bertz CT molecular complexity index is 1080. The van der Waals surface area contributed by atoms with E-state index in [1.54, 1.807) is 6.07 Å². The van der Waals surface area contributed by atoms with Crippen LogP contribution in [0.2, 0.25) is 5.02 Å². The third-order valence-electron chi connectivity index (χ3n) is 5.51. The van der Waals surface area contributed by atoms with Gasteiger partial charge in [-0.2, -0.15) is 18.3 Å². The lowest BCUT2D eigenvalue weighted by Gasteiger charge is -2.32. The summed E-state index contributed by atoms with van der Waals surface area (Å²) >= 11 is 5.92. The summed E-state index contributed by atoms with van der Waals surface area (Å²) in [4.78, 5) is 15.0.